The van der Waals surface area contributed by atoms with E-state index >= 15 is 0 Å². The minimum absolute atomic E-state index is 0.0174. The monoisotopic (exact) mass is 503 g/mol. The van der Waals surface area contributed by atoms with Crippen LogP contribution in [-0.4, -0.2) is 21.5 Å². The summed E-state index contributed by atoms with van der Waals surface area (Å²) in [4.78, 5) is 31.0. The van der Waals surface area contributed by atoms with Gasteiger partial charge in [-0.25, -0.2) is 8.78 Å². The molecule has 1 aliphatic carbocycles. The number of pyridine rings is 2. The highest BCUT2D eigenvalue weighted by molar-refractivity contribution is 5.97. The van der Waals surface area contributed by atoms with E-state index in [2.05, 4.69) is 10.3 Å². The minimum Gasteiger partial charge on any atom is -0.473 e. The first kappa shape index (κ1) is 24.6. The van der Waals surface area contributed by atoms with E-state index in [-0.39, 0.29) is 41.7 Å². The first-order valence-electron chi connectivity index (χ1n) is 12.4. The molecular weight excluding hydrogens is 476 g/mol. The molecule has 1 aliphatic rings. The van der Waals surface area contributed by atoms with Gasteiger partial charge in [-0.15, -0.1) is 0 Å². The van der Waals surface area contributed by atoms with Crippen LogP contribution in [0.3, 0.4) is 0 Å². The molecule has 1 saturated carbocycles. The van der Waals surface area contributed by atoms with Gasteiger partial charge in [-0.2, -0.15) is 4.98 Å². The number of ether oxygens (including phenoxy) is 1. The van der Waals surface area contributed by atoms with E-state index in [4.69, 9.17) is 4.74 Å². The topological polar surface area (TPSA) is 73.2 Å². The molecule has 37 heavy (non-hydrogen) atoms. The zero-order chi connectivity index (χ0) is 25.8. The summed E-state index contributed by atoms with van der Waals surface area (Å²) in [6.07, 6.45) is 6.42. The number of amides is 1. The van der Waals surface area contributed by atoms with Crippen molar-refractivity contribution in [1.29, 1.82) is 0 Å². The molecule has 0 bridgehead atoms. The number of rotatable bonds is 7. The van der Waals surface area contributed by atoms with E-state index in [1.165, 1.54) is 30.5 Å². The predicted octanol–water partition coefficient (Wildman–Crippen LogP) is 5.36. The third kappa shape index (κ3) is 5.53. The number of nitrogens with zero attached hydrogens (tertiary/aromatic N) is 2. The van der Waals surface area contributed by atoms with Crippen LogP contribution in [0, 0.1) is 11.6 Å². The van der Waals surface area contributed by atoms with Gasteiger partial charge in [0.2, 0.25) is 11.3 Å². The van der Waals surface area contributed by atoms with Crippen molar-refractivity contribution < 1.29 is 18.3 Å². The quantitative estimate of drug-likeness (QED) is 0.368. The van der Waals surface area contributed by atoms with Crippen LogP contribution in [0.2, 0.25) is 0 Å². The highest BCUT2D eigenvalue weighted by Crippen LogP contribution is 2.21. The van der Waals surface area contributed by atoms with Gasteiger partial charge in [0, 0.05) is 29.4 Å². The van der Waals surface area contributed by atoms with Crippen molar-refractivity contribution in [3.05, 3.63) is 105 Å². The maximum Gasteiger partial charge on any atom is 0.256 e. The second-order valence-corrected chi connectivity index (χ2v) is 9.30. The van der Waals surface area contributed by atoms with E-state index in [1.807, 2.05) is 0 Å². The first-order chi connectivity index (χ1) is 18.0. The lowest BCUT2D eigenvalue weighted by Gasteiger charge is -2.23. The second kappa shape index (κ2) is 10.9. The average Bonchev–Trinajstić information content (AvgIpc) is 2.91. The maximum atomic E-state index is 14.5. The molecular formula is C29H27F2N3O3. The van der Waals surface area contributed by atoms with Crippen LogP contribution >= 0.6 is 0 Å². The Morgan fingerprint density at radius 3 is 2.32 bits per heavy atom. The minimum atomic E-state index is -0.457. The Hall–Kier alpha value is -4.07. The molecule has 0 unspecified atom stereocenters. The normalized spacial score (nSPS) is 14.0. The van der Waals surface area contributed by atoms with E-state index in [0.29, 0.717) is 11.1 Å². The molecule has 2 aromatic heterocycles. The fourth-order valence-electron chi connectivity index (χ4n) is 4.70. The van der Waals surface area contributed by atoms with Crippen molar-refractivity contribution in [1.82, 2.24) is 14.9 Å². The fraction of sp³-hybridized carbons (Fsp3) is 0.276. The van der Waals surface area contributed by atoms with Crippen molar-refractivity contribution in [2.24, 2.45) is 0 Å². The Morgan fingerprint density at radius 1 is 0.946 bits per heavy atom. The van der Waals surface area contributed by atoms with Crippen molar-refractivity contribution in [2.45, 2.75) is 51.3 Å². The van der Waals surface area contributed by atoms with E-state index in [1.54, 1.807) is 41.0 Å². The van der Waals surface area contributed by atoms with Gasteiger partial charge < -0.3 is 14.6 Å². The third-order valence-corrected chi connectivity index (χ3v) is 6.71. The van der Waals surface area contributed by atoms with Gasteiger partial charge >= 0.3 is 0 Å². The Morgan fingerprint density at radius 2 is 1.62 bits per heavy atom. The largest absolute Gasteiger partial charge is 0.473 e. The second-order valence-electron chi connectivity index (χ2n) is 9.30. The average molecular weight is 504 g/mol. The summed E-state index contributed by atoms with van der Waals surface area (Å²) in [7, 11) is 0. The molecule has 0 atom stereocenters. The summed E-state index contributed by atoms with van der Waals surface area (Å²) in [6, 6.07) is 15.7. The molecule has 5 rings (SSSR count). The van der Waals surface area contributed by atoms with Crippen LogP contribution in [-0.2, 0) is 13.2 Å². The number of hydrogen-bond acceptors (Lipinski definition) is 4. The summed E-state index contributed by atoms with van der Waals surface area (Å²) in [5.74, 6) is -1.07. The molecule has 0 spiro atoms. The van der Waals surface area contributed by atoms with Crippen molar-refractivity contribution in [2.75, 3.05) is 0 Å². The molecule has 0 radical (unpaired) electrons. The molecule has 2 heterocycles. The molecule has 0 saturated heterocycles. The molecule has 8 heteroatoms. The van der Waals surface area contributed by atoms with Crippen molar-refractivity contribution in [3.63, 3.8) is 0 Å². The number of benzene rings is 2. The standard InChI is InChI=1S/C29H27F2N3O3/c30-24-12-6-4-8-19(24)16-34-17-23(29(36)32-21-10-2-1-3-11-21)27(35)22-14-15-26(33-28(22)34)37-18-20-9-5-7-13-25(20)31/h4-9,12-15,17,21H,1-3,10-11,16,18H2,(H,32,36). The van der Waals surface area contributed by atoms with Gasteiger partial charge in [-0.05, 0) is 31.0 Å². The maximum absolute atomic E-state index is 14.5. The fourth-order valence-corrected chi connectivity index (χ4v) is 4.70. The molecule has 1 amide bonds. The van der Waals surface area contributed by atoms with Gasteiger partial charge in [0.1, 0.15) is 29.5 Å². The summed E-state index contributed by atoms with van der Waals surface area (Å²) in [5, 5.41) is 3.21. The number of carbonyl (C=O) groups excluding carboxylic acids is 1. The van der Waals surface area contributed by atoms with Crippen molar-refractivity contribution in [3.8, 4) is 5.88 Å². The summed E-state index contributed by atoms with van der Waals surface area (Å²) < 4.78 is 35.8. The highest BCUT2D eigenvalue weighted by Gasteiger charge is 2.21. The van der Waals surface area contributed by atoms with Gasteiger partial charge in [0.25, 0.3) is 5.91 Å². The van der Waals surface area contributed by atoms with Crippen LogP contribution in [0.4, 0.5) is 8.78 Å². The number of aromatic nitrogens is 2. The highest BCUT2D eigenvalue weighted by atomic mass is 19.1. The molecule has 2 aromatic carbocycles. The number of halogens is 2. The molecule has 0 aliphatic heterocycles. The lowest BCUT2D eigenvalue weighted by atomic mass is 9.95. The van der Waals surface area contributed by atoms with Crippen LogP contribution in [0.5, 0.6) is 5.88 Å². The van der Waals surface area contributed by atoms with Gasteiger partial charge in [-0.1, -0.05) is 55.7 Å². The lowest BCUT2D eigenvalue weighted by Crippen LogP contribution is -2.38. The molecule has 4 aromatic rings. The Balaban J connectivity index is 1.52. The van der Waals surface area contributed by atoms with Gasteiger partial charge in [0.05, 0.1) is 11.9 Å². The van der Waals surface area contributed by atoms with E-state index < -0.39 is 23.0 Å². The summed E-state index contributed by atoms with van der Waals surface area (Å²) in [5.41, 5.74) is 0.513. The van der Waals surface area contributed by atoms with Crippen LogP contribution in [0.15, 0.2) is 71.7 Å². The van der Waals surface area contributed by atoms with Crippen LogP contribution < -0.4 is 15.5 Å². The number of hydrogen-bond donors (Lipinski definition) is 1. The summed E-state index contributed by atoms with van der Waals surface area (Å²) in [6.45, 7) is 0.00152. The molecule has 1 fully saturated rings. The van der Waals surface area contributed by atoms with Gasteiger partial charge in [0.15, 0.2) is 0 Å². The van der Waals surface area contributed by atoms with Crippen LogP contribution in [0.25, 0.3) is 11.0 Å². The number of nitrogens with one attached hydrogen (secondary N) is 1. The first-order valence-corrected chi connectivity index (χ1v) is 12.4. The van der Waals surface area contributed by atoms with Gasteiger partial charge in [-0.3, -0.25) is 9.59 Å². The zero-order valence-electron chi connectivity index (χ0n) is 20.3. The lowest BCUT2D eigenvalue weighted by molar-refractivity contribution is 0.0926. The predicted molar refractivity (Wildman–Crippen MR) is 137 cm³/mol. The third-order valence-electron chi connectivity index (χ3n) is 6.71. The summed E-state index contributed by atoms with van der Waals surface area (Å²) >= 11 is 0. The van der Waals surface area contributed by atoms with Crippen molar-refractivity contribution >= 4 is 16.9 Å². The SMILES string of the molecule is O=C(NC1CCCCC1)c1cn(Cc2ccccc2F)c2nc(OCc3ccccc3F)ccc2c1=O. The van der Waals surface area contributed by atoms with E-state index in [9.17, 15) is 18.4 Å². The van der Waals surface area contributed by atoms with E-state index in [0.717, 1.165) is 32.1 Å². The van der Waals surface area contributed by atoms with Crippen LogP contribution in [0.1, 0.15) is 53.6 Å². The Kier molecular flexibility index (Phi) is 7.25. The molecule has 6 nitrogen and oxygen atoms in total. The Labute approximate surface area is 212 Å². The number of fused-ring (bicyclic) bond motifs is 1. The number of carbonyl (C=O) groups is 1. The zero-order valence-corrected chi connectivity index (χ0v) is 20.3. The smallest absolute Gasteiger partial charge is 0.256 e. The Bertz CT molecular complexity index is 1500. The molecule has 190 valence electrons. The molecule has 1 N–H and O–H groups in total.